The van der Waals surface area contributed by atoms with Crippen LogP contribution in [0.15, 0.2) is 12.1 Å². The maximum atomic E-state index is 14.1. The molecule has 3 aliphatic carbocycles. The molecule has 0 saturated heterocycles. The van der Waals surface area contributed by atoms with E-state index in [2.05, 4.69) is 18.7 Å². The lowest BCUT2D eigenvalue weighted by Gasteiger charge is -2.52. The Morgan fingerprint density at radius 3 is 2.31 bits per heavy atom. The summed E-state index contributed by atoms with van der Waals surface area (Å²) in [7, 11) is 8.76. The fourth-order valence-corrected chi connectivity index (χ4v) is 7.26. The molecule has 1 aromatic rings. The first-order valence-electron chi connectivity index (χ1n) is 14.3. The highest BCUT2D eigenvalue weighted by atomic mass is 16.3. The SMILES string of the molecule is CC(C)CN(C)C/C=C/c1cc(N(C)C)c2c(c1O)C(=O)C1C(=O)[C@]3(O)C(=O)C(C(N)=O)C(=O)[C@@H](N(C)C)[C@@H]3C[C@@H]1C2. The van der Waals surface area contributed by atoms with Crippen LogP contribution in [-0.4, -0.2) is 109 Å². The molecule has 0 spiro atoms. The van der Waals surface area contributed by atoms with Crippen molar-refractivity contribution in [2.45, 2.75) is 38.3 Å². The van der Waals surface area contributed by atoms with Gasteiger partial charge in [-0.2, -0.15) is 0 Å². The number of primary amides is 1. The molecule has 0 radical (unpaired) electrons. The Bertz CT molecular complexity index is 1370. The molecule has 11 heteroatoms. The molecule has 4 N–H and O–H groups in total. The lowest BCUT2D eigenvalue weighted by Crippen LogP contribution is -2.74. The van der Waals surface area contributed by atoms with Crippen LogP contribution in [0.3, 0.4) is 0 Å². The normalized spacial score (nSPS) is 29.4. The van der Waals surface area contributed by atoms with E-state index in [0.717, 1.165) is 6.54 Å². The van der Waals surface area contributed by atoms with Gasteiger partial charge in [-0.05, 0) is 57.5 Å². The number of anilines is 1. The van der Waals surface area contributed by atoms with Crippen molar-refractivity contribution in [3.05, 3.63) is 28.8 Å². The van der Waals surface area contributed by atoms with Crippen LogP contribution in [0.5, 0.6) is 5.75 Å². The van der Waals surface area contributed by atoms with E-state index in [-0.39, 0.29) is 24.2 Å². The summed E-state index contributed by atoms with van der Waals surface area (Å²) in [5.41, 5.74) is 4.31. The summed E-state index contributed by atoms with van der Waals surface area (Å²) in [6.45, 7) is 5.74. The number of ketones is 4. The van der Waals surface area contributed by atoms with Crippen molar-refractivity contribution in [1.82, 2.24) is 9.80 Å². The minimum Gasteiger partial charge on any atom is -0.507 e. The highest BCUT2D eigenvalue weighted by molar-refractivity contribution is 6.32. The molecule has 0 heterocycles. The number of aromatic hydroxyl groups is 1. The second kappa shape index (κ2) is 11.3. The zero-order valence-corrected chi connectivity index (χ0v) is 25.4. The molecule has 1 aromatic carbocycles. The first-order chi connectivity index (χ1) is 19.5. The Morgan fingerprint density at radius 2 is 1.76 bits per heavy atom. The summed E-state index contributed by atoms with van der Waals surface area (Å²) < 4.78 is 0. The van der Waals surface area contributed by atoms with Crippen LogP contribution in [0.1, 0.15) is 41.8 Å². The smallest absolute Gasteiger partial charge is 0.235 e. The number of hydrogen-bond acceptors (Lipinski definition) is 10. The first kappa shape index (κ1) is 31.5. The summed E-state index contributed by atoms with van der Waals surface area (Å²) in [4.78, 5) is 72.5. The number of hydrogen-bond donors (Lipinski definition) is 3. The number of nitrogens with two attached hydrogens (primary N) is 1. The number of Topliss-reactive ketones (excluding diaryl/α,β-unsaturated/α-hetero) is 4. The minimum atomic E-state index is -2.74. The predicted molar refractivity (Wildman–Crippen MR) is 157 cm³/mol. The molecule has 4 rings (SSSR count). The lowest BCUT2D eigenvalue weighted by molar-refractivity contribution is -0.181. The van der Waals surface area contributed by atoms with Crippen LogP contribution in [0, 0.1) is 29.6 Å². The zero-order valence-electron chi connectivity index (χ0n) is 25.4. The van der Waals surface area contributed by atoms with Gasteiger partial charge in [-0.1, -0.05) is 26.0 Å². The van der Waals surface area contributed by atoms with E-state index in [1.165, 1.54) is 4.90 Å². The van der Waals surface area contributed by atoms with Crippen LogP contribution >= 0.6 is 0 Å². The van der Waals surface area contributed by atoms with Crippen LogP contribution < -0.4 is 10.6 Å². The molecule has 6 atom stereocenters. The van der Waals surface area contributed by atoms with Gasteiger partial charge in [0.15, 0.2) is 34.7 Å². The van der Waals surface area contributed by atoms with Crippen molar-refractivity contribution in [3.8, 4) is 5.75 Å². The largest absolute Gasteiger partial charge is 0.507 e. The Kier molecular flexibility index (Phi) is 8.52. The zero-order chi connectivity index (χ0) is 31.4. The van der Waals surface area contributed by atoms with Gasteiger partial charge in [-0.25, -0.2) is 0 Å². The number of phenolic OH excluding ortho intramolecular Hbond substituents is 1. The monoisotopic (exact) mass is 582 g/mol. The average Bonchev–Trinajstić information content (AvgIpc) is 2.86. The topological polar surface area (TPSA) is 162 Å². The van der Waals surface area contributed by atoms with Crippen molar-refractivity contribution in [2.75, 3.05) is 53.2 Å². The van der Waals surface area contributed by atoms with Crippen molar-refractivity contribution in [2.24, 2.45) is 35.3 Å². The molecule has 2 saturated carbocycles. The fourth-order valence-electron chi connectivity index (χ4n) is 7.26. The van der Waals surface area contributed by atoms with Crippen LogP contribution in [0.25, 0.3) is 6.08 Å². The number of benzene rings is 1. The number of carbonyl (C=O) groups excluding carboxylic acids is 5. The standard InChI is InChI=1S/C31H42N4O7/c1-15(2)14-35(7)10-8-9-16-13-20(33(3)4)18-11-17-12-19-24(34(5)6)27(38)23(30(32)41)29(40)31(19,42)28(39)21(17)26(37)22(18)25(16)36/h8-9,13,15,17,19,21,23-24,36,42H,10-12,14H2,1-7H3,(H2,32,41)/b9-8+/t17-,19-,21?,23?,24-,31-/m0/s1. The van der Waals surface area contributed by atoms with Gasteiger partial charge < -0.3 is 25.7 Å². The maximum Gasteiger partial charge on any atom is 0.235 e. The van der Waals surface area contributed by atoms with E-state index in [4.69, 9.17) is 5.73 Å². The third-order valence-corrected chi connectivity index (χ3v) is 8.94. The van der Waals surface area contributed by atoms with Gasteiger partial charge in [-0.3, -0.25) is 28.9 Å². The molecule has 3 aliphatic rings. The van der Waals surface area contributed by atoms with E-state index in [9.17, 15) is 34.2 Å². The number of carbonyl (C=O) groups is 5. The Balaban J connectivity index is 1.81. The Labute approximate surface area is 246 Å². The molecule has 0 aromatic heterocycles. The van der Waals surface area contributed by atoms with Gasteiger partial charge in [0.2, 0.25) is 5.91 Å². The first-order valence-corrected chi connectivity index (χ1v) is 14.3. The number of amides is 1. The molecule has 11 nitrogen and oxygen atoms in total. The van der Waals surface area contributed by atoms with E-state index in [0.29, 0.717) is 29.3 Å². The van der Waals surface area contributed by atoms with E-state index >= 15 is 0 Å². The number of nitrogens with zero attached hydrogens (tertiary/aromatic N) is 3. The lowest BCUT2D eigenvalue weighted by atomic mass is 9.52. The van der Waals surface area contributed by atoms with E-state index < -0.39 is 64.4 Å². The predicted octanol–water partition coefficient (Wildman–Crippen LogP) is 0.534. The van der Waals surface area contributed by atoms with Gasteiger partial charge in [0, 0.05) is 44.4 Å². The van der Waals surface area contributed by atoms with Crippen LogP contribution in [0.4, 0.5) is 5.69 Å². The quantitative estimate of drug-likeness (QED) is 0.369. The molecular weight excluding hydrogens is 540 g/mol. The number of aliphatic hydroxyl groups is 1. The fraction of sp³-hybridized carbons (Fsp3) is 0.581. The molecule has 0 bridgehead atoms. The molecule has 0 aliphatic heterocycles. The average molecular weight is 583 g/mol. The van der Waals surface area contributed by atoms with Gasteiger partial charge >= 0.3 is 0 Å². The molecule has 42 heavy (non-hydrogen) atoms. The number of phenols is 1. The number of rotatable bonds is 8. The summed E-state index contributed by atoms with van der Waals surface area (Å²) in [6.07, 6.45) is 3.86. The third kappa shape index (κ3) is 4.97. The number of likely N-dealkylation sites (N-methyl/N-ethyl adjacent to an activating group) is 2. The van der Waals surface area contributed by atoms with E-state index in [1.54, 1.807) is 26.2 Å². The third-order valence-electron chi connectivity index (χ3n) is 8.94. The van der Waals surface area contributed by atoms with Gasteiger partial charge in [0.1, 0.15) is 5.75 Å². The van der Waals surface area contributed by atoms with Crippen molar-refractivity contribution >= 4 is 40.8 Å². The Hall–Kier alpha value is -3.41. The van der Waals surface area contributed by atoms with Gasteiger partial charge in [0.25, 0.3) is 0 Å². The van der Waals surface area contributed by atoms with Crippen LogP contribution in [-0.2, 0) is 25.6 Å². The molecule has 228 valence electrons. The van der Waals surface area contributed by atoms with E-state index in [1.807, 2.05) is 32.1 Å². The van der Waals surface area contributed by atoms with Gasteiger partial charge in [0.05, 0.1) is 17.5 Å². The molecule has 2 fully saturated rings. The summed E-state index contributed by atoms with van der Waals surface area (Å²) in [5, 5.41) is 23.1. The van der Waals surface area contributed by atoms with Crippen molar-refractivity contribution in [1.29, 1.82) is 0 Å². The molecular formula is C31H42N4O7. The van der Waals surface area contributed by atoms with Crippen molar-refractivity contribution in [3.63, 3.8) is 0 Å². The summed E-state index contributed by atoms with van der Waals surface area (Å²) in [6, 6.07) is 0.671. The van der Waals surface area contributed by atoms with Crippen molar-refractivity contribution < 1.29 is 34.2 Å². The maximum absolute atomic E-state index is 14.1. The van der Waals surface area contributed by atoms with Crippen LogP contribution in [0.2, 0.25) is 0 Å². The Morgan fingerprint density at radius 1 is 1.12 bits per heavy atom. The summed E-state index contributed by atoms with van der Waals surface area (Å²) >= 11 is 0. The second-order valence-electron chi connectivity index (χ2n) is 12.9. The minimum absolute atomic E-state index is 0.0111. The number of fused-ring (bicyclic) bond motifs is 3. The summed E-state index contributed by atoms with van der Waals surface area (Å²) in [5.74, 6) is -10.0. The highest BCUT2D eigenvalue weighted by Gasteiger charge is 2.69. The molecule has 2 unspecified atom stereocenters. The highest BCUT2D eigenvalue weighted by Crippen LogP contribution is 2.52. The second-order valence-corrected chi connectivity index (χ2v) is 12.9. The molecule has 1 amide bonds. The van der Waals surface area contributed by atoms with Gasteiger partial charge in [-0.15, -0.1) is 0 Å².